The van der Waals surface area contributed by atoms with E-state index in [4.69, 9.17) is 0 Å². The Morgan fingerprint density at radius 2 is 2.05 bits per heavy atom. The highest BCUT2D eigenvalue weighted by molar-refractivity contribution is 6.07. The summed E-state index contributed by atoms with van der Waals surface area (Å²) in [5.41, 5.74) is 1.23. The molecular weight excluding hydrogens is 240 g/mol. The van der Waals surface area contributed by atoms with Crippen LogP contribution in [0, 0.1) is 0 Å². The standard InChI is InChI=1S/C14H14N4O/c19-14(18-11-3-1-7-15-9-11)12-4-2-8-16-13(12)17-10-5-6-10/h1-4,7-10H,5-6H2,(H,16,17)(H,18,19). The first-order chi connectivity index (χ1) is 9.33. The second kappa shape index (κ2) is 5.06. The van der Waals surface area contributed by atoms with Gasteiger partial charge >= 0.3 is 0 Å². The van der Waals surface area contributed by atoms with Crippen molar-refractivity contribution in [3.63, 3.8) is 0 Å². The number of hydrogen-bond donors (Lipinski definition) is 2. The van der Waals surface area contributed by atoms with Crippen LogP contribution in [0.5, 0.6) is 0 Å². The van der Waals surface area contributed by atoms with Gasteiger partial charge in [0.05, 0.1) is 17.4 Å². The van der Waals surface area contributed by atoms with Gasteiger partial charge in [-0.2, -0.15) is 0 Å². The highest BCUT2D eigenvalue weighted by Crippen LogP contribution is 2.25. The average molecular weight is 254 g/mol. The molecule has 0 unspecified atom stereocenters. The minimum atomic E-state index is -0.177. The zero-order valence-electron chi connectivity index (χ0n) is 10.3. The molecule has 0 atom stereocenters. The molecule has 1 aliphatic rings. The van der Waals surface area contributed by atoms with Gasteiger partial charge < -0.3 is 10.6 Å². The van der Waals surface area contributed by atoms with Crippen LogP contribution in [-0.2, 0) is 0 Å². The van der Waals surface area contributed by atoms with E-state index in [2.05, 4.69) is 20.6 Å². The minimum absolute atomic E-state index is 0.177. The van der Waals surface area contributed by atoms with Crippen molar-refractivity contribution in [2.45, 2.75) is 18.9 Å². The van der Waals surface area contributed by atoms with Gasteiger partial charge in [-0.25, -0.2) is 4.98 Å². The lowest BCUT2D eigenvalue weighted by atomic mass is 10.2. The minimum Gasteiger partial charge on any atom is -0.367 e. The van der Waals surface area contributed by atoms with Crippen LogP contribution >= 0.6 is 0 Å². The Kier molecular flexibility index (Phi) is 3.10. The Hall–Kier alpha value is -2.43. The number of pyridine rings is 2. The van der Waals surface area contributed by atoms with Crippen LogP contribution in [0.4, 0.5) is 11.5 Å². The van der Waals surface area contributed by atoms with Gasteiger partial charge in [-0.15, -0.1) is 0 Å². The van der Waals surface area contributed by atoms with Crippen LogP contribution < -0.4 is 10.6 Å². The molecule has 0 saturated heterocycles. The number of amides is 1. The molecule has 0 aliphatic heterocycles. The highest BCUT2D eigenvalue weighted by Gasteiger charge is 2.23. The van der Waals surface area contributed by atoms with Gasteiger partial charge in [-0.1, -0.05) is 0 Å². The van der Waals surface area contributed by atoms with Crippen molar-refractivity contribution in [1.29, 1.82) is 0 Å². The summed E-state index contributed by atoms with van der Waals surface area (Å²) in [7, 11) is 0. The Balaban J connectivity index is 1.79. The summed E-state index contributed by atoms with van der Waals surface area (Å²) in [6.07, 6.45) is 7.24. The maximum Gasteiger partial charge on any atom is 0.259 e. The predicted molar refractivity (Wildman–Crippen MR) is 73.1 cm³/mol. The number of anilines is 2. The summed E-state index contributed by atoms with van der Waals surface area (Å²) in [5.74, 6) is 0.468. The first kappa shape index (κ1) is 11.6. The van der Waals surface area contributed by atoms with E-state index < -0.39 is 0 Å². The maximum atomic E-state index is 12.2. The molecule has 5 heteroatoms. The number of nitrogens with one attached hydrogen (secondary N) is 2. The van der Waals surface area contributed by atoms with Crippen LogP contribution in [0.3, 0.4) is 0 Å². The van der Waals surface area contributed by atoms with E-state index in [0.717, 1.165) is 12.8 Å². The lowest BCUT2D eigenvalue weighted by Gasteiger charge is -2.10. The van der Waals surface area contributed by atoms with Gasteiger partial charge in [0.1, 0.15) is 5.82 Å². The van der Waals surface area contributed by atoms with E-state index in [-0.39, 0.29) is 5.91 Å². The zero-order valence-corrected chi connectivity index (χ0v) is 10.3. The lowest BCUT2D eigenvalue weighted by molar-refractivity contribution is 0.102. The summed E-state index contributed by atoms with van der Waals surface area (Å²) in [6, 6.07) is 7.57. The third-order valence-electron chi connectivity index (χ3n) is 2.89. The molecule has 0 radical (unpaired) electrons. The van der Waals surface area contributed by atoms with Gasteiger partial charge in [-0.05, 0) is 37.1 Å². The monoisotopic (exact) mass is 254 g/mol. The molecule has 2 aromatic rings. The third kappa shape index (κ3) is 2.88. The molecule has 1 aliphatic carbocycles. The maximum absolute atomic E-state index is 12.2. The molecule has 1 amide bonds. The van der Waals surface area contributed by atoms with Crippen molar-refractivity contribution in [2.24, 2.45) is 0 Å². The highest BCUT2D eigenvalue weighted by atomic mass is 16.1. The molecule has 5 nitrogen and oxygen atoms in total. The molecule has 0 aromatic carbocycles. The molecule has 2 N–H and O–H groups in total. The van der Waals surface area contributed by atoms with E-state index in [1.54, 1.807) is 42.9 Å². The third-order valence-corrected chi connectivity index (χ3v) is 2.89. The summed E-state index contributed by atoms with van der Waals surface area (Å²) in [4.78, 5) is 20.4. The number of carbonyl (C=O) groups excluding carboxylic acids is 1. The number of hydrogen-bond acceptors (Lipinski definition) is 4. The molecule has 2 aromatic heterocycles. The first-order valence-corrected chi connectivity index (χ1v) is 6.26. The normalized spacial score (nSPS) is 13.9. The lowest BCUT2D eigenvalue weighted by Crippen LogP contribution is -2.16. The molecule has 96 valence electrons. The molecule has 0 spiro atoms. The number of carbonyl (C=O) groups is 1. The first-order valence-electron chi connectivity index (χ1n) is 6.26. The SMILES string of the molecule is O=C(Nc1cccnc1)c1cccnc1NC1CC1. The second-order valence-corrected chi connectivity index (χ2v) is 4.51. The van der Waals surface area contributed by atoms with Crippen molar-refractivity contribution in [3.05, 3.63) is 48.4 Å². The fourth-order valence-electron chi connectivity index (χ4n) is 1.76. The smallest absolute Gasteiger partial charge is 0.259 e. The Morgan fingerprint density at radius 3 is 2.79 bits per heavy atom. The predicted octanol–water partition coefficient (Wildman–Crippen LogP) is 2.30. The average Bonchev–Trinajstić information content (AvgIpc) is 3.24. The summed E-state index contributed by atoms with van der Waals surface area (Å²) < 4.78 is 0. The molecule has 1 fully saturated rings. The van der Waals surface area contributed by atoms with Crippen LogP contribution in [0.1, 0.15) is 23.2 Å². The van der Waals surface area contributed by atoms with Gasteiger partial charge in [-0.3, -0.25) is 9.78 Å². The van der Waals surface area contributed by atoms with Crippen molar-refractivity contribution in [1.82, 2.24) is 9.97 Å². The molecule has 1 saturated carbocycles. The van der Waals surface area contributed by atoms with Crippen LogP contribution in [0.2, 0.25) is 0 Å². The summed E-state index contributed by atoms with van der Waals surface area (Å²) in [6.45, 7) is 0. The van der Waals surface area contributed by atoms with Gasteiger partial charge in [0, 0.05) is 18.4 Å². The quantitative estimate of drug-likeness (QED) is 0.878. The van der Waals surface area contributed by atoms with E-state index >= 15 is 0 Å². The second-order valence-electron chi connectivity index (χ2n) is 4.51. The van der Waals surface area contributed by atoms with Gasteiger partial charge in [0.15, 0.2) is 0 Å². The van der Waals surface area contributed by atoms with Crippen molar-refractivity contribution < 1.29 is 4.79 Å². The number of rotatable bonds is 4. The fraction of sp³-hybridized carbons (Fsp3) is 0.214. The van der Waals surface area contributed by atoms with Crippen molar-refractivity contribution in [3.8, 4) is 0 Å². The molecule has 19 heavy (non-hydrogen) atoms. The molecular formula is C14H14N4O. The van der Waals surface area contributed by atoms with Gasteiger partial charge in [0.25, 0.3) is 5.91 Å². The van der Waals surface area contributed by atoms with Crippen LogP contribution in [0.25, 0.3) is 0 Å². The fourth-order valence-corrected chi connectivity index (χ4v) is 1.76. The van der Waals surface area contributed by atoms with E-state index in [9.17, 15) is 4.79 Å². The Labute approximate surface area is 111 Å². The Bertz CT molecular complexity index is 581. The summed E-state index contributed by atoms with van der Waals surface area (Å²) >= 11 is 0. The Morgan fingerprint density at radius 1 is 1.21 bits per heavy atom. The van der Waals surface area contributed by atoms with E-state index in [1.165, 1.54) is 0 Å². The van der Waals surface area contributed by atoms with E-state index in [0.29, 0.717) is 23.1 Å². The van der Waals surface area contributed by atoms with E-state index in [1.807, 2.05) is 0 Å². The molecule has 0 bridgehead atoms. The van der Waals surface area contributed by atoms with Gasteiger partial charge in [0.2, 0.25) is 0 Å². The number of aromatic nitrogens is 2. The number of nitrogens with zero attached hydrogens (tertiary/aromatic N) is 2. The molecule has 3 rings (SSSR count). The largest absolute Gasteiger partial charge is 0.367 e. The summed E-state index contributed by atoms with van der Waals surface area (Å²) in [5, 5.41) is 6.07. The topological polar surface area (TPSA) is 66.9 Å². The van der Waals surface area contributed by atoms with Crippen molar-refractivity contribution >= 4 is 17.4 Å². The van der Waals surface area contributed by atoms with Crippen LogP contribution in [0.15, 0.2) is 42.9 Å². The van der Waals surface area contributed by atoms with Crippen molar-refractivity contribution in [2.75, 3.05) is 10.6 Å². The zero-order chi connectivity index (χ0) is 13.1. The molecule has 2 heterocycles. The van der Waals surface area contributed by atoms with Crippen LogP contribution in [-0.4, -0.2) is 21.9 Å².